The summed E-state index contributed by atoms with van der Waals surface area (Å²) >= 11 is 0. The molecule has 0 spiro atoms. The fraction of sp³-hybridized carbons (Fsp3) is 0.588. The topological polar surface area (TPSA) is 72.5 Å². The van der Waals surface area contributed by atoms with E-state index in [9.17, 15) is 22.0 Å². The molecule has 2 bridgehead atoms. The number of benzene rings is 1. The second kappa shape index (κ2) is 5.93. The molecule has 0 aliphatic heterocycles. The molecule has 2 fully saturated rings. The molecule has 2 saturated carbocycles. The van der Waals surface area contributed by atoms with Gasteiger partial charge in [-0.15, -0.1) is 0 Å². The van der Waals surface area contributed by atoms with Gasteiger partial charge in [0, 0.05) is 6.42 Å². The van der Waals surface area contributed by atoms with Crippen molar-refractivity contribution in [1.29, 1.82) is 0 Å². The number of halogens is 2. The fourth-order valence-corrected chi connectivity index (χ4v) is 6.29. The minimum atomic E-state index is -3.92. The Labute approximate surface area is 145 Å². The molecule has 1 aromatic rings. The average Bonchev–Trinajstić information content (AvgIpc) is 2.82. The highest BCUT2D eigenvalue weighted by Crippen LogP contribution is 2.64. The molecule has 0 unspecified atom stereocenters. The van der Waals surface area contributed by atoms with Crippen molar-refractivity contribution in [2.75, 3.05) is 10.5 Å². The van der Waals surface area contributed by atoms with Crippen molar-refractivity contribution in [3.8, 4) is 5.75 Å². The van der Waals surface area contributed by atoms with Gasteiger partial charge in [0.1, 0.15) is 11.5 Å². The van der Waals surface area contributed by atoms with E-state index in [0.717, 1.165) is 6.42 Å². The van der Waals surface area contributed by atoms with Crippen LogP contribution in [-0.4, -0.2) is 26.6 Å². The maximum Gasteiger partial charge on any atom is 0.387 e. The number of hydrogen-bond acceptors (Lipinski definition) is 4. The molecule has 25 heavy (non-hydrogen) atoms. The number of nitrogens with one attached hydrogen (secondary N) is 1. The highest BCUT2D eigenvalue weighted by Gasteiger charge is 2.65. The van der Waals surface area contributed by atoms with Crippen LogP contribution < -0.4 is 9.46 Å². The number of ether oxygens (including phenoxy) is 1. The smallest absolute Gasteiger partial charge is 0.387 e. The molecule has 5 nitrogen and oxygen atoms in total. The molecule has 2 aliphatic rings. The Morgan fingerprint density at radius 2 is 2.00 bits per heavy atom. The molecule has 0 amide bonds. The first kappa shape index (κ1) is 18.1. The zero-order valence-corrected chi connectivity index (χ0v) is 14.9. The third-order valence-corrected chi connectivity index (χ3v) is 7.35. The Bertz CT molecular complexity index is 794. The van der Waals surface area contributed by atoms with Gasteiger partial charge >= 0.3 is 6.61 Å². The standard InChI is InChI=1S/C17H21F2NO4S/c1-16(2)11-7-8-17(16,14(21)9-11)10-25(22,23)20-12-5-3-4-6-13(12)24-15(18)19/h3-6,11,15,20H,7-10H2,1-2H3/t11-,17-/m0/s1. The van der Waals surface area contributed by atoms with Crippen LogP contribution in [0.5, 0.6) is 5.75 Å². The molecule has 0 heterocycles. The third-order valence-electron chi connectivity index (χ3n) is 5.94. The van der Waals surface area contributed by atoms with Crippen molar-refractivity contribution < 1.29 is 26.7 Å². The molecule has 1 aromatic carbocycles. The molecule has 0 radical (unpaired) electrons. The van der Waals surface area contributed by atoms with Crippen LogP contribution in [0.2, 0.25) is 0 Å². The van der Waals surface area contributed by atoms with Gasteiger partial charge in [-0.3, -0.25) is 9.52 Å². The van der Waals surface area contributed by atoms with E-state index in [0.29, 0.717) is 12.8 Å². The van der Waals surface area contributed by atoms with Crippen molar-refractivity contribution in [1.82, 2.24) is 0 Å². The number of ketones is 1. The number of hydrogen-bond donors (Lipinski definition) is 1. The minimum absolute atomic E-state index is 0.0174. The van der Waals surface area contributed by atoms with E-state index in [1.54, 1.807) is 0 Å². The van der Waals surface area contributed by atoms with Gasteiger partial charge < -0.3 is 4.74 Å². The third kappa shape index (κ3) is 3.01. The normalized spacial score (nSPS) is 27.7. The van der Waals surface area contributed by atoms with Crippen LogP contribution in [0.25, 0.3) is 0 Å². The van der Waals surface area contributed by atoms with Crippen LogP contribution in [0.3, 0.4) is 0 Å². The van der Waals surface area contributed by atoms with E-state index >= 15 is 0 Å². The highest BCUT2D eigenvalue weighted by molar-refractivity contribution is 7.92. The van der Waals surface area contributed by atoms with E-state index in [1.807, 2.05) is 13.8 Å². The quantitative estimate of drug-likeness (QED) is 0.829. The van der Waals surface area contributed by atoms with E-state index in [1.165, 1.54) is 24.3 Å². The zero-order chi connectivity index (χ0) is 18.5. The van der Waals surface area contributed by atoms with Crippen LogP contribution in [-0.2, 0) is 14.8 Å². The number of anilines is 1. The SMILES string of the molecule is CC1(C)[C@H]2CC[C@]1(CS(=O)(=O)Nc1ccccc1OC(F)F)C(=O)C2. The van der Waals surface area contributed by atoms with Gasteiger partial charge in [0.15, 0.2) is 0 Å². The predicted molar refractivity (Wildman–Crippen MR) is 89.0 cm³/mol. The van der Waals surface area contributed by atoms with Crippen LogP contribution >= 0.6 is 0 Å². The summed E-state index contributed by atoms with van der Waals surface area (Å²) in [5.74, 6) is -0.411. The number of carbonyl (C=O) groups excluding carboxylic acids is 1. The molecule has 138 valence electrons. The Morgan fingerprint density at radius 3 is 2.56 bits per heavy atom. The molecule has 0 saturated heterocycles. The summed E-state index contributed by atoms with van der Waals surface area (Å²) in [5, 5.41) is 0. The largest absolute Gasteiger partial charge is 0.433 e. The average molecular weight is 373 g/mol. The first-order chi connectivity index (χ1) is 11.6. The Kier molecular flexibility index (Phi) is 4.29. The maximum atomic E-state index is 12.7. The van der Waals surface area contributed by atoms with E-state index < -0.39 is 27.5 Å². The molecule has 2 aliphatic carbocycles. The number of fused-ring (bicyclic) bond motifs is 2. The number of alkyl halides is 2. The number of carbonyl (C=O) groups is 1. The maximum absolute atomic E-state index is 12.7. The number of Topliss-reactive ketones (excluding diaryl/α,β-unsaturated/α-hetero) is 1. The van der Waals surface area contributed by atoms with E-state index in [-0.39, 0.29) is 28.9 Å². The minimum Gasteiger partial charge on any atom is -0.433 e. The molecule has 1 N–H and O–H groups in total. The zero-order valence-electron chi connectivity index (χ0n) is 14.1. The molecule has 0 aromatic heterocycles. The van der Waals surface area contributed by atoms with Gasteiger partial charge in [0.05, 0.1) is 16.9 Å². The lowest BCUT2D eigenvalue weighted by molar-refractivity contribution is -0.128. The van der Waals surface area contributed by atoms with Crippen molar-refractivity contribution >= 4 is 21.5 Å². The molecule has 8 heteroatoms. The van der Waals surface area contributed by atoms with Crippen LogP contribution in [0, 0.1) is 16.7 Å². The van der Waals surface area contributed by atoms with E-state index in [2.05, 4.69) is 9.46 Å². The number of para-hydroxylation sites is 2. The summed E-state index contributed by atoms with van der Waals surface area (Å²) in [6.07, 6.45) is 1.78. The Balaban J connectivity index is 1.86. The summed E-state index contributed by atoms with van der Waals surface area (Å²) in [7, 11) is -3.92. The van der Waals surface area contributed by atoms with Crippen molar-refractivity contribution in [3.63, 3.8) is 0 Å². The fourth-order valence-electron chi connectivity index (χ4n) is 4.39. The number of rotatable bonds is 6. The summed E-state index contributed by atoms with van der Waals surface area (Å²) in [4.78, 5) is 12.5. The first-order valence-corrected chi connectivity index (χ1v) is 9.80. The lowest BCUT2D eigenvalue weighted by atomic mass is 9.70. The van der Waals surface area contributed by atoms with Crippen LogP contribution in [0.4, 0.5) is 14.5 Å². The lowest BCUT2D eigenvalue weighted by Crippen LogP contribution is -2.43. The van der Waals surface area contributed by atoms with Gasteiger partial charge in [0.25, 0.3) is 0 Å². The number of sulfonamides is 1. The van der Waals surface area contributed by atoms with Crippen LogP contribution in [0.15, 0.2) is 24.3 Å². The lowest BCUT2D eigenvalue weighted by Gasteiger charge is -2.36. The van der Waals surface area contributed by atoms with Gasteiger partial charge in [-0.1, -0.05) is 26.0 Å². The molecule has 2 atom stereocenters. The van der Waals surface area contributed by atoms with Gasteiger partial charge in [-0.05, 0) is 36.3 Å². The first-order valence-electron chi connectivity index (χ1n) is 8.15. The van der Waals surface area contributed by atoms with Crippen LogP contribution in [0.1, 0.15) is 33.1 Å². The van der Waals surface area contributed by atoms with Crippen molar-refractivity contribution in [2.45, 2.75) is 39.7 Å². The van der Waals surface area contributed by atoms with Gasteiger partial charge in [-0.2, -0.15) is 8.78 Å². The summed E-state index contributed by atoms with van der Waals surface area (Å²) < 4.78 is 57.1. The van der Waals surface area contributed by atoms with Crippen molar-refractivity contribution in [3.05, 3.63) is 24.3 Å². The second-order valence-corrected chi connectivity index (χ2v) is 9.12. The summed E-state index contributed by atoms with van der Waals surface area (Å²) in [6, 6.07) is 5.61. The Morgan fingerprint density at radius 1 is 1.32 bits per heavy atom. The van der Waals surface area contributed by atoms with E-state index in [4.69, 9.17) is 0 Å². The summed E-state index contributed by atoms with van der Waals surface area (Å²) in [6.45, 7) is 0.827. The molecular formula is C17H21F2NO4S. The monoisotopic (exact) mass is 373 g/mol. The van der Waals surface area contributed by atoms with Gasteiger partial charge in [-0.25, -0.2) is 8.42 Å². The van der Waals surface area contributed by atoms with Gasteiger partial charge in [0.2, 0.25) is 10.0 Å². The predicted octanol–water partition coefficient (Wildman–Crippen LogP) is 3.43. The summed E-state index contributed by atoms with van der Waals surface area (Å²) in [5.41, 5.74) is -1.36. The van der Waals surface area contributed by atoms with Crippen molar-refractivity contribution in [2.24, 2.45) is 16.7 Å². The Hall–Kier alpha value is -1.70. The molecular weight excluding hydrogens is 352 g/mol. The highest BCUT2D eigenvalue weighted by atomic mass is 32.2. The second-order valence-electron chi connectivity index (χ2n) is 7.40. The molecule has 3 rings (SSSR count).